The van der Waals surface area contributed by atoms with Crippen molar-refractivity contribution in [3.63, 3.8) is 0 Å². The third kappa shape index (κ3) is 3.25. The molecule has 0 spiro atoms. The van der Waals surface area contributed by atoms with Gasteiger partial charge in [0.1, 0.15) is 12.4 Å². The second-order valence-corrected chi connectivity index (χ2v) is 7.13. The Balaban J connectivity index is 1.52. The van der Waals surface area contributed by atoms with Gasteiger partial charge in [0.15, 0.2) is 0 Å². The molecule has 5 heteroatoms. The first kappa shape index (κ1) is 15.5. The summed E-state index contributed by atoms with van der Waals surface area (Å²) in [6.07, 6.45) is 5.19. The molecule has 2 amide bonds. The molecule has 0 aromatic heterocycles. The number of amides is 2. The fourth-order valence-electron chi connectivity index (χ4n) is 3.54. The normalized spacial score (nSPS) is 20.3. The molecule has 0 bridgehead atoms. The molecule has 2 aliphatic heterocycles. The van der Waals surface area contributed by atoms with Crippen molar-refractivity contribution >= 4 is 11.8 Å². The smallest absolute Gasteiger partial charge is 0.253 e. The number of hydrogen-bond acceptors (Lipinski definition) is 3. The third-order valence-corrected chi connectivity index (χ3v) is 5.19. The standard InChI is InChI=1S/C19H24N2O3/c22-18(11-14-3-4-14)21-9-10-24-17-6-5-15(12-16(17)13-21)19(23)20-7-1-2-8-20/h5-6,12,14H,1-4,7-11,13H2. The number of fused-ring (bicyclic) bond motifs is 1. The number of carbonyl (C=O) groups is 2. The summed E-state index contributed by atoms with van der Waals surface area (Å²) in [5.74, 6) is 1.69. The van der Waals surface area contributed by atoms with Gasteiger partial charge in [0.2, 0.25) is 5.91 Å². The summed E-state index contributed by atoms with van der Waals surface area (Å²) in [6.45, 7) is 3.37. The highest BCUT2D eigenvalue weighted by atomic mass is 16.5. The lowest BCUT2D eigenvalue weighted by Gasteiger charge is -2.20. The minimum Gasteiger partial charge on any atom is -0.491 e. The Morgan fingerprint density at radius 1 is 1.08 bits per heavy atom. The van der Waals surface area contributed by atoms with Crippen LogP contribution in [0.15, 0.2) is 18.2 Å². The molecule has 1 aromatic carbocycles. The molecule has 1 aromatic rings. The Morgan fingerprint density at radius 2 is 1.88 bits per heavy atom. The van der Waals surface area contributed by atoms with Gasteiger partial charge in [-0.15, -0.1) is 0 Å². The molecule has 0 unspecified atom stereocenters. The molecule has 128 valence electrons. The van der Waals surface area contributed by atoms with Crippen molar-refractivity contribution in [3.05, 3.63) is 29.3 Å². The molecule has 0 atom stereocenters. The number of benzene rings is 1. The molecule has 4 rings (SSSR count). The fourth-order valence-corrected chi connectivity index (χ4v) is 3.54. The summed E-state index contributed by atoms with van der Waals surface area (Å²) in [7, 11) is 0. The zero-order valence-corrected chi connectivity index (χ0v) is 14.0. The molecule has 2 fully saturated rings. The van der Waals surface area contributed by atoms with Crippen LogP contribution < -0.4 is 4.74 Å². The maximum atomic E-state index is 12.6. The van der Waals surface area contributed by atoms with Gasteiger partial charge in [0.05, 0.1) is 6.54 Å². The van der Waals surface area contributed by atoms with Crippen molar-refractivity contribution in [2.45, 2.75) is 38.6 Å². The SMILES string of the molecule is O=C(CC1CC1)N1CCOc2ccc(C(=O)N3CCCC3)cc2C1. The van der Waals surface area contributed by atoms with E-state index in [-0.39, 0.29) is 11.8 Å². The minimum absolute atomic E-state index is 0.0930. The number of rotatable bonds is 3. The monoisotopic (exact) mass is 328 g/mol. The van der Waals surface area contributed by atoms with E-state index < -0.39 is 0 Å². The van der Waals surface area contributed by atoms with E-state index in [0.29, 0.717) is 37.6 Å². The Hall–Kier alpha value is -2.04. The number of likely N-dealkylation sites (tertiary alicyclic amines) is 1. The van der Waals surface area contributed by atoms with Gasteiger partial charge in [-0.05, 0) is 49.8 Å². The van der Waals surface area contributed by atoms with Gasteiger partial charge in [-0.25, -0.2) is 0 Å². The second-order valence-electron chi connectivity index (χ2n) is 7.13. The van der Waals surface area contributed by atoms with Crippen molar-refractivity contribution in [3.8, 4) is 5.75 Å². The van der Waals surface area contributed by atoms with E-state index in [1.165, 1.54) is 12.8 Å². The summed E-state index contributed by atoms with van der Waals surface area (Å²) in [5, 5.41) is 0. The molecular formula is C19H24N2O3. The van der Waals surface area contributed by atoms with Crippen LogP contribution in [0.3, 0.4) is 0 Å². The first-order valence-electron chi connectivity index (χ1n) is 9.03. The molecule has 1 saturated carbocycles. The van der Waals surface area contributed by atoms with Gasteiger partial charge in [0, 0.05) is 37.2 Å². The molecule has 1 saturated heterocycles. The van der Waals surface area contributed by atoms with Crippen LogP contribution in [-0.4, -0.2) is 47.9 Å². The van der Waals surface area contributed by atoms with Gasteiger partial charge in [-0.2, -0.15) is 0 Å². The Bertz CT molecular complexity index is 648. The molecule has 2 heterocycles. The maximum absolute atomic E-state index is 12.6. The fraction of sp³-hybridized carbons (Fsp3) is 0.579. The Morgan fingerprint density at radius 3 is 2.62 bits per heavy atom. The van der Waals surface area contributed by atoms with Crippen molar-refractivity contribution in [1.82, 2.24) is 9.80 Å². The first-order valence-corrected chi connectivity index (χ1v) is 9.03. The lowest BCUT2D eigenvalue weighted by Crippen LogP contribution is -2.32. The third-order valence-electron chi connectivity index (χ3n) is 5.19. The summed E-state index contributed by atoms with van der Waals surface area (Å²) >= 11 is 0. The molecule has 24 heavy (non-hydrogen) atoms. The van der Waals surface area contributed by atoms with E-state index in [0.717, 1.165) is 37.2 Å². The highest BCUT2D eigenvalue weighted by molar-refractivity contribution is 5.94. The van der Waals surface area contributed by atoms with Gasteiger partial charge >= 0.3 is 0 Å². The topological polar surface area (TPSA) is 49.9 Å². The van der Waals surface area contributed by atoms with Crippen LogP contribution >= 0.6 is 0 Å². The van der Waals surface area contributed by atoms with Gasteiger partial charge < -0.3 is 14.5 Å². The van der Waals surface area contributed by atoms with E-state index in [9.17, 15) is 9.59 Å². The molecule has 3 aliphatic rings. The second kappa shape index (κ2) is 6.46. The lowest BCUT2D eigenvalue weighted by molar-refractivity contribution is -0.132. The summed E-state index contributed by atoms with van der Waals surface area (Å²) in [6, 6.07) is 5.65. The maximum Gasteiger partial charge on any atom is 0.253 e. The van der Waals surface area contributed by atoms with E-state index in [4.69, 9.17) is 4.74 Å². The van der Waals surface area contributed by atoms with E-state index in [2.05, 4.69) is 0 Å². The largest absolute Gasteiger partial charge is 0.491 e. The highest BCUT2D eigenvalue weighted by Crippen LogP contribution is 2.33. The van der Waals surface area contributed by atoms with Crippen molar-refractivity contribution in [1.29, 1.82) is 0 Å². The quantitative estimate of drug-likeness (QED) is 0.856. The number of ether oxygens (including phenoxy) is 1. The van der Waals surface area contributed by atoms with E-state index in [1.54, 1.807) is 0 Å². The van der Waals surface area contributed by atoms with Crippen molar-refractivity contribution < 1.29 is 14.3 Å². The molecule has 0 N–H and O–H groups in total. The molecule has 1 aliphatic carbocycles. The zero-order chi connectivity index (χ0) is 16.5. The van der Waals surface area contributed by atoms with Gasteiger partial charge in [0.25, 0.3) is 5.91 Å². The predicted molar refractivity (Wildman–Crippen MR) is 89.8 cm³/mol. The zero-order valence-electron chi connectivity index (χ0n) is 14.0. The summed E-state index contributed by atoms with van der Waals surface area (Å²) in [4.78, 5) is 28.8. The van der Waals surface area contributed by atoms with Crippen molar-refractivity contribution in [2.75, 3.05) is 26.2 Å². The van der Waals surface area contributed by atoms with Crippen LogP contribution in [0.1, 0.15) is 48.0 Å². The van der Waals surface area contributed by atoms with Crippen LogP contribution in [-0.2, 0) is 11.3 Å². The van der Waals surface area contributed by atoms with Crippen molar-refractivity contribution in [2.24, 2.45) is 5.92 Å². The van der Waals surface area contributed by atoms with Gasteiger partial charge in [-0.3, -0.25) is 9.59 Å². The van der Waals surface area contributed by atoms with E-state index in [1.807, 2.05) is 28.0 Å². The van der Waals surface area contributed by atoms with Gasteiger partial charge in [-0.1, -0.05) is 0 Å². The summed E-state index contributed by atoms with van der Waals surface area (Å²) < 4.78 is 5.79. The average Bonchev–Trinajstić information content (AvgIpc) is 3.28. The van der Waals surface area contributed by atoms with Crippen LogP contribution in [0.4, 0.5) is 0 Å². The van der Waals surface area contributed by atoms with E-state index >= 15 is 0 Å². The lowest BCUT2D eigenvalue weighted by atomic mass is 10.1. The highest BCUT2D eigenvalue weighted by Gasteiger charge is 2.29. The Labute approximate surface area is 142 Å². The number of carbonyl (C=O) groups excluding carboxylic acids is 2. The number of nitrogens with zero attached hydrogens (tertiary/aromatic N) is 2. The minimum atomic E-state index is 0.0930. The predicted octanol–water partition coefficient (Wildman–Crippen LogP) is 2.44. The summed E-state index contributed by atoms with van der Waals surface area (Å²) in [5.41, 5.74) is 1.65. The average molecular weight is 328 g/mol. The Kier molecular flexibility index (Phi) is 4.17. The first-order chi connectivity index (χ1) is 11.7. The van der Waals surface area contributed by atoms with Crippen LogP contribution in [0.5, 0.6) is 5.75 Å². The van der Waals surface area contributed by atoms with Crippen LogP contribution in [0, 0.1) is 5.92 Å². The van der Waals surface area contributed by atoms with Crippen LogP contribution in [0.2, 0.25) is 0 Å². The number of hydrogen-bond donors (Lipinski definition) is 0. The van der Waals surface area contributed by atoms with Crippen LogP contribution in [0.25, 0.3) is 0 Å². The molecule has 0 radical (unpaired) electrons. The molecule has 5 nitrogen and oxygen atoms in total. The molecular weight excluding hydrogens is 304 g/mol.